The minimum atomic E-state index is 0.365. The molecule has 0 amide bonds. The van der Waals surface area contributed by atoms with E-state index in [1.807, 2.05) is 0 Å². The summed E-state index contributed by atoms with van der Waals surface area (Å²) in [6.45, 7) is 12.1. The maximum Gasteiger partial charge on any atom is 0.0471 e. The fourth-order valence-corrected chi connectivity index (χ4v) is 3.48. The number of hydrogen-bond donors (Lipinski definition) is 1. The molecule has 3 heteroatoms. The number of nitrogens with zero attached hydrogens (tertiary/aromatic N) is 2. The molecule has 3 nitrogen and oxygen atoms in total. The number of rotatable bonds is 6. The van der Waals surface area contributed by atoms with Gasteiger partial charge in [-0.15, -0.1) is 0 Å². The molecule has 0 radical (unpaired) electrons. The van der Waals surface area contributed by atoms with Gasteiger partial charge in [-0.3, -0.25) is 9.80 Å². The minimum absolute atomic E-state index is 0.365. The van der Waals surface area contributed by atoms with E-state index in [-0.39, 0.29) is 0 Å². The van der Waals surface area contributed by atoms with Crippen molar-refractivity contribution >= 4 is 0 Å². The van der Waals surface area contributed by atoms with Gasteiger partial charge in [-0.1, -0.05) is 45.0 Å². The third-order valence-corrected chi connectivity index (χ3v) is 4.95. The summed E-state index contributed by atoms with van der Waals surface area (Å²) in [6, 6.07) is 10.1. The van der Waals surface area contributed by atoms with Gasteiger partial charge in [-0.2, -0.15) is 0 Å². The van der Waals surface area contributed by atoms with E-state index >= 15 is 0 Å². The first kappa shape index (κ1) is 16.5. The number of aryl methyl sites for hydroxylation is 1. The Bertz CT molecular complexity index is 415. The maximum atomic E-state index is 6.10. The summed E-state index contributed by atoms with van der Waals surface area (Å²) < 4.78 is 0. The second-order valence-corrected chi connectivity index (χ2v) is 6.03. The first-order valence-electron chi connectivity index (χ1n) is 8.50. The predicted molar refractivity (Wildman–Crippen MR) is 90.5 cm³/mol. The zero-order valence-corrected chi connectivity index (χ0v) is 13.9. The molecule has 2 unspecified atom stereocenters. The second kappa shape index (κ2) is 7.92. The van der Waals surface area contributed by atoms with Crippen molar-refractivity contribution in [2.24, 2.45) is 5.73 Å². The first-order chi connectivity index (χ1) is 10.2. The highest BCUT2D eigenvalue weighted by Crippen LogP contribution is 2.24. The Morgan fingerprint density at radius 3 is 2.38 bits per heavy atom. The highest BCUT2D eigenvalue weighted by atomic mass is 15.3. The summed E-state index contributed by atoms with van der Waals surface area (Å²) in [7, 11) is 0. The summed E-state index contributed by atoms with van der Waals surface area (Å²) >= 11 is 0. The Labute approximate surface area is 130 Å². The van der Waals surface area contributed by atoms with E-state index in [1.165, 1.54) is 24.1 Å². The fraction of sp³-hybridized carbons (Fsp3) is 0.667. The molecule has 2 atom stereocenters. The maximum absolute atomic E-state index is 6.10. The van der Waals surface area contributed by atoms with Gasteiger partial charge >= 0.3 is 0 Å². The molecule has 0 aromatic heterocycles. The van der Waals surface area contributed by atoms with Crippen LogP contribution < -0.4 is 5.73 Å². The summed E-state index contributed by atoms with van der Waals surface area (Å²) in [5.74, 6) is 0. The molecule has 1 aromatic rings. The number of likely N-dealkylation sites (N-methyl/N-ethyl adjacent to an activating group) is 1. The van der Waals surface area contributed by atoms with E-state index in [9.17, 15) is 0 Å². The van der Waals surface area contributed by atoms with Crippen LogP contribution in [0, 0.1) is 0 Å². The van der Waals surface area contributed by atoms with Gasteiger partial charge in [0.15, 0.2) is 0 Å². The highest BCUT2D eigenvalue weighted by Gasteiger charge is 2.29. The zero-order valence-electron chi connectivity index (χ0n) is 13.9. The van der Waals surface area contributed by atoms with Gasteiger partial charge in [0.1, 0.15) is 0 Å². The van der Waals surface area contributed by atoms with Crippen LogP contribution in [0.2, 0.25) is 0 Å². The Hall–Kier alpha value is -0.900. The van der Waals surface area contributed by atoms with Crippen LogP contribution in [0.5, 0.6) is 0 Å². The quantitative estimate of drug-likeness (QED) is 0.874. The normalized spacial score (nSPS) is 22.4. The molecule has 1 heterocycles. The molecule has 1 saturated heterocycles. The zero-order chi connectivity index (χ0) is 15.2. The van der Waals surface area contributed by atoms with Crippen molar-refractivity contribution in [3.8, 4) is 0 Å². The fourth-order valence-electron chi connectivity index (χ4n) is 3.48. The Balaban J connectivity index is 2.09. The standard InChI is InChI=1S/C18H31N3/c1-4-15-7-9-16(10-8-15)18(13-19)21-12-11-20(6-3)17(5-2)14-21/h7-10,17-18H,4-6,11-14,19H2,1-3H3. The monoisotopic (exact) mass is 289 g/mol. The smallest absolute Gasteiger partial charge is 0.0471 e. The van der Waals surface area contributed by atoms with Crippen molar-refractivity contribution in [1.29, 1.82) is 0 Å². The van der Waals surface area contributed by atoms with E-state index in [2.05, 4.69) is 54.8 Å². The molecular weight excluding hydrogens is 258 g/mol. The number of piperazine rings is 1. The molecule has 0 saturated carbocycles. The lowest BCUT2D eigenvalue weighted by Crippen LogP contribution is -2.54. The lowest BCUT2D eigenvalue weighted by Gasteiger charge is -2.44. The molecule has 0 aliphatic carbocycles. The second-order valence-electron chi connectivity index (χ2n) is 6.03. The summed E-state index contributed by atoms with van der Waals surface area (Å²) in [4.78, 5) is 5.19. The molecule has 0 spiro atoms. The number of nitrogens with two attached hydrogens (primary N) is 1. The molecule has 21 heavy (non-hydrogen) atoms. The Morgan fingerprint density at radius 1 is 1.14 bits per heavy atom. The van der Waals surface area contributed by atoms with Crippen molar-refractivity contribution in [1.82, 2.24) is 9.80 Å². The van der Waals surface area contributed by atoms with Crippen LogP contribution in [0.25, 0.3) is 0 Å². The van der Waals surface area contributed by atoms with E-state index in [4.69, 9.17) is 5.73 Å². The van der Waals surface area contributed by atoms with Gasteiger partial charge in [0.2, 0.25) is 0 Å². The minimum Gasteiger partial charge on any atom is -0.329 e. The van der Waals surface area contributed by atoms with Crippen molar-refractivity contribution in [3.63, 3.8) is 0 Å². The number of benzene rings is 1. The third-order valence-electron chi connectivity index (χ3n) is 4.95. The molecular formula is C18H31N3. The van der Waals surface area contributed by atoms with Crippen molar-refractivity contribution in [3.05, 3.63) is 35.4 Å². The van der Waals surface area contributed by atoms with Crippen molar-refractivity contribution in [2.45, 2.75) is 45.7 Å². The van der Waals surface area contributed by atoms with E-state index in [1.54, 1.807) is 0 Å². The van der Waals surface area contributed by atoms with Gasteiger partial charge in [0.25, 0.3) is 0 Å². The molecule has 2 N–H and O–H groups in total. The Morgan fingerprint density at radius 2 is 1.86 bits per heavy atom. The molecule has 118 valence electrons. The van der Waals surface area contributed by atoms with Crippen LogP contribution in [-0.2, 0) is 6.42 Å². The van der Waals surface area contributed by atoms with E-state index in [0.717, 1.165) is 26.1 Å². The van der Waals surface area contributed by atoms with Crippen LogP contribution in [-0.4, -0.2) is 48.6 Å². The van der Waals surface area contributed by atoms with Crippen LogP contribution in [0.1, 0.15) is 44.4 Å². The van der Waals surface area contributed by atoms with Gasteiger partial charge in [-0.05, 0) is 30.5 Å². The van der Waals surface area contributed by atoms with Crippen LogP contribution in [0.3, 0.4) is 0 Å². The average Bonchev–Trinajstić information content (AvgIpc) is 2.56. The number of hydrogen-bond acceptors (Lipinski definition) is 3. The summed E-state index contributed by atoms with van der Waals surface area (Å²) in [6.07, 6.45) is 2.32. The third kappa shape index (κ3) is 3.85. The summed E-state index contributed by atoms with van der Waals surface area (Å²) in [5.41, 5.74) is 8.87. The van der Waals surface area contributed by atoms with Crippen LogP contribution in [0.4, 0.5) is 0 Å². The van der Waals surface area contributed by atoms with Gasteiger partial charge in [0, 0.05) is 38.3 Å². The predicted octanol–water partition coefficient (Wildman–Crippen LogP) is 2.66. The van der Waals surface area contributed by atoms with Gasteiger partial charge < -0.3 is 5.73 Å². The lowest BCUT2D eigenvalue weighted by molar-refractivity contribution is 0.0509. The molecule has 2 rings (SSSR count). The van der Waals surface area contributed by atoms with Crippen molar-refractivity contribution < 1.29 is 0 Å². The van der Waals surface area contributed by atoms with E-state index < -0.39 is 0 Å². The highest BCUT2D eigenvalue weighted by molar-refractivity contribution is 5.25. The van der Waals surface area contributed by atoms with Gasteiger partial charge in [0.05, 0.1) is 0 Å². The topological polar surface area (TPSA) is 32.5 Å². The van der Waals surface area contributed by atoms with Crippen LogP contribution >= 0.6 is 0 Å². The average molecular weight is 289 g/mol. The molecule has 0 bridgehead atoms. The first-order valence-corrected chi connectivity index (χ1v) is 8.50. The largest absolute Gasteiger partial charge is 0.329 e. The van der Waals surface area contributed by atoms with Gasteiger partial charge in [-0.25, -0.2) is 0 Å². The van der Waals surface area contributed by atoms with Crippen molar-refractivity contribution in [2.75, 3.05) is 32.7 Å². The van der Waals surface area contributed by atoms with Crippen LogP contribution in [0.15, 0.2) is 24.3 Å². The van der Waals surface area contributed by atoms with E-state index in [0.29, 0.717) is 18.6 Å². The molecule has 1 aromatic carbocycles. The molecule has 1 fully saturated rings. The lowest BCUT2D eigenvalue weighted by atomic mass is 10.00. The molecule has 1 aliphatic heterocycles. The Kier molecular flexibility index (Phi) is 6.22. The SMILES string of the molecule is CCc1ccc(C(CN)N2CCN(CC)C(CC)C2)cc1. The molecule has 1 aliphatic rings. The summed E-state index contributed by atoms with van der Waals surface area (Å²) in [5, 5.41) is 0.